The highest BCUT2D eigenvalue weighted by Crippen LogP contribution is 2.28. The Morgan fingerprint density at radius 1 is 1.28 bits per heavy atom. The van der Waals surface area contributed by atoms with Crippen LogP contribution in [0.2, 0.25) is 0 Å². The first-order valence-electron chi connectivity index (χ1n) is 7.57. The van der Waals surface area contributed by atoms with Crippen molar-refractivity contribution in [2.24, 2.45) is 5.14 Å². The van der Waals surface area contributed by atoms with Crippen LogP contribution in [0.25, 0.3) is 11.0 Å². The highest BCUT2D eigenvalue weighted by molar-refractivity contribution is 7.98. The van der Waals surface area contributed by atoms with Gasteiger partial charge in [0.1, 0.15) is 0 Å². The van der Waals surface area contributed by atoms with E-state index in [-0.39, 0.29) is 4.90 Å². The first kappa shape index (κ1) is 17.5. The number of hydrogen-bond donors (Lipinski definition) is 1. The van der Waals surface area contributed by atoms with Crippen LogP contribution in [0.1, 0.15) is 18.1 Å². The Morgan fingerprint density at radius 3 is 2.76 bits per heavy atom. The molecule has 2 N–H and O–H groups in total. The number of imidazole rings is 1. The first-order chi connectivity index (χ1) is 11.9. The van der Waals surface area contributed by atoms with Crippen LogP contribution < -0.4 is 5.14 Å². The van der Waals surface area contributed by atoms with E-state index in [2.05, 4.69) is 11.1 Å². The number of nitriles is 1. The molecule has 0 saturated carbocycles. The van der Waals surface area contributed by atoms with E-state index >= 15 is 0 Å². The Kier molecular flexibility index (Phi) is 4.81. The highest BCUT2D eigenvalue weighted by Gasteiger charge is 2.14. The lowest BCUT2D eigenvalue weighted by atomic mass is 10.2. The van der Waals surface area contributed by atoms with Crippen LogP contribution in [0.15, 0.2) is 52.5 Å². The number of nitrogens with zero attached hydrogens (tertiary/aromatic N) is 3. The second-order valence-electron chi connectivity index (χ2n) is 5.44. The molecule has 3 rings (SSSR count). The summed E-state index contributed by atoms with van der Waals surface area (Å²) < 4.78 is 25.1. The molecular formula is C17H16N4O2S2. The maximum atomic E-state index is 11.5. The van der Waals surface area contributed by atoms with Crippen LogP contribution in [0, 0.1) is 11.3 Å². The van der Waals surface area contributed by atoms with Crippen molar-refractivity contribution in [3.63, 3.8) is 0 Å². The molecule has 0 spiro atoms. The molecular weight excluding hydrogens is 356 g/mol. The fourth-order valence-electron chi connectivity index (χ4n) is 2.56. The largest absolute Gasteiger partial charge is 0.319 e. The monoisotopic (exact) mass is 372 g/mol. The van der Waals surface area contributed by atoms with Crippen LogP contribution in [0.4, 0.5) is 0 Å². The van der Waals surface area contributed by atoms with Gasteiger partial charge in [0.2, 0.25) is 10.0 Å². The van der Waals surface area contributed by atoms with Gasteiger partial charge in [-0.2, -0.15) is 5.26 Å². The van der Waals surface area contributed by atoms with Gasteiger partial charge in [-0.3, -0.25) is 0 Å². The summed E-state index contributed by atoms with van der Waals surface area (Å²) in [5, 5.41) is 15.0. The Hall–Kier alpha value is -2.34. The molecule has 128 valence electrons. The van der Waals surface area contributed by atoms with E-state index < -0.39 is 10.0 Å². The van der Waals surface area contributed by atoms with Gasteiger partial charge < -0.3 is 4.57 Å². The molecule has 2 aromatic carbocycles. The SMILES string of the molecule is CCn1c(SCc2cccc(C#N)c2)nc2cc(S(N)(=O)=O)ccc21. The van der Waals surface area contributed by atoms with Gasteiger partial charge in [0, 0.05) is 12.3 Å². The lowest BCUT2D eigenvalue weighted by Gasteiger charge is -2.06. The Balaban J connectivity index is 1.94. The summed E-state index contributed by atoms with van der Waals surface area (Å²) in [5.74, 6) is 0.668. The van der Waals surface area contributed by atoms with Gasteiger partial charge in [0.25, 0.3) is 0 Å². The van der Waals surface area contributed by atoms with E-state index in [1.807, 2.05) is 29.7 Å². The molecule has 0 amide bonds. The number of aromatic nitrogens is 2. The zero-order valence-corrected chi connectivity index (χ0v) is 15.1. The first-order valence-corrected chi connectivity index (χ1v) is 10.1. The second kappa shape index (κ2) is 6.88. The molecule has 0 aliphatic heterocycles. The molecule has 0 unspecified atom stereocenters. The highest BCUT2D eigenvalue weighted by atomic mass is 32.2. The number of hydrogen-bond acceptors (Lipinski definition) is 5. The quantitative estimate of drug-likeness (QED) is 0.694. The van der Waals surface area contributed by atoms with E-state index in [4.69, 9.17) is 10.4 Å². The van der Waals surface area contributed by atoms with Gasteiger partial charge in [-0.05, 0) is 42.8 Å². The molecule has 0 bridgehead atoms. The van der Waals surface area contributed by atoms with Crippen molar-refractivity contribution in [2.75, 3.05) is 0 Å². The third kappa shape index (κ3) is 3.69. The van der Waals surface area contributed by atoms with Gasteiger partial charge in [0.15, 0.2) is 5.16 Å². The summed E-state index contributed by atoms with van der Waals surface area (Å²) in [6, 6.07) is 14.3. The van der Waals surface area contributed by atoms with Gasteiger partial charge in [-0.15, -0.1) is 0 Å². The number of primary sulfonamides is 1. The Labute approximate surface area is 150 Å². The number of thioether (sulfide) groups is 1. The standard InChI is InChI=1S/C17H16N4O2S2/c1-2-21-16-7-6-14(25(19,22)23)9-15(16)20-17(21)24-11-13-5-3-4-12(8-13)10-18/h3-9H,2,11H2,1H3,(H2,19,22,23). The third-order valence-corrected chi connectivity index (χ3v) is 5.71. The van der Waals surface area contributed by atoms with Gasteiger partial charge in [0.05, 0.1) is 27.6 Å². The normalized spacial score (nSPS) is 11.6. The smallest absolute Gasteiger partial charge is 0.238 e. The molecule has 0 aliphatic carbocycles. The fourth-order valence-corrected chi connectivity index (χ4v) is 4.11. The lowest BCUT2D eigenvalue weighted by molar-refractivity contribution is 0.598. The molecule has 1 heterocycles. The Morgan fingerprint density at radius 2 is 2.08 bits per heavy atom. The zero-order chi connectivity index (χ0) is 18.0. The van der Waals surface area contributed by atoms with E-state index in [0.29, 0.717) is 23.4 Å². The van der Waals surface area contributed by atoms with Gasteiger partial charge >= 0.3 is 0 Å². The maximum absolute atomic E-state index is 11.5. The molecule has 0 fully saturated rings. The molecule has 0 saturated heterocycles. The van der Waals surface area contributed by atoms with Gasteiger partial charge in [-0.1, -0.05) is 23.9 Å². The zero-order valence-electron chi connectivity index (χ0n) is 13.5. The number of sulfonamides is 1. The summed E-state index contributed by atoms with van der Waals surface area (Å²) >= 11 is 1.54. The maximum Gasteiger partial charge on any atom is 0.238 e. The Bertz CT molecular complexity index is 1080. The molecule has 6 nitrogen and oxygen atoms in total. The molecule has 0 atom stereocenters. The van der Waals surface area contributed by atoms with E-state index in [9.17, 15) is 8.42 Å². The molecule has 8 heteroatoms. The summed E-state index contributed by atoms with van der Waals surface area (Å²) in [5.41, 5.74) is 3.12. The van der Waals surface area contributed by atoms with E-state index in [1.165, 1.54) is 12.1 Å². The van der Waals surface area contributed by atoms with Gasteiger partial charge in [-0.25, -0.2) is 18.5 Å². The van der Waals surface area contributed by atoms with Crippen molar-refractivity contribution in [3.8, 4) is 6.07 Å². The minimum atomic E-state index is -3.75. The van der Waals surface area contributed by atoms with Crippen LogP contribution >= 0.6 is 11.8 Å². The summed E-state index contributed by atoms with van der Waals surface area (Å²) in [6.07, 6.45) is 0. The average molecular weight is 372 g/mol. The van der Waals surface area contributed by atoms with Crippen molar-refractivity contribution in [3.05, 3.63) is 53.6 Å². The van der Waals surface area contributed by atoms with Crippen molar-refractivity contribution < 1.29 is 8.42 Å². The fraction of sp³-hybridized carbons (Fsp3) is 0.176. The number of nitrogens with two attached hydrogens (primary N) is 1. The summed E-state index contributed by atoms with van der Waals surface area (Å²) in [6.45, 7) is 2.72. The number of benzene rings is 2. The lowest BCUT2D eigenvalue weighted by Crippen LogP contribution is -2.11. The third-order valence-electron chi connectivity index (χ3n) is 3.75. The van der Waals surface area contributed by atoms with Crippen LogP contribution in [-0.4, -0.2) is 18.0 Å². The number of fused-ring (bicyclic) bond motifs is 1. The van der Waals surface area contributed by atoms with Crippen molar-refractivity contribution in [1.29, 1.82) is 5.26 Å². The average Bonchev–Trinajstić information content (AvgIpc) is 2.96. The molecule has 0 radical (unpaired) electrons. The number of rotatable bonds is 5. The minimum absolute atomic E-state index is 0.0547. The second-order valence-corrected chi connectivity index (χ2v) is 7.94. The summed E-state index contributed by atoms with van der Waals surface area (Å²) in [4.78, 5) is 4.61. The van der Waals surface area contributed by atoms with Crippen molar-refractivity contribution in [1.82, 2.24) is 9.55 Å². The summed E-state index contributed by atoms with van der Waals surface area (Å²) in [7, 11) is -3.75. The topological polar surface area (TPSA) is 102 Å². The predicted molar refractivity (Wildman–Crippen MR) is 97.5 cm³/mol. The van der Waals surface area contributed by atoms with Crippen LogP contribution in [0.5, 0.6) is 0 Å². The number of aryl methyl sites for hydroxylation is 1. The molecule has 25 heavy (non-hydrogen) atoms. The molecule has 0 aliphatic rings. The van der Waals surface area contributed by atoms with Crippen LogP contribution in [0.3, 0.4) is 0 Å². The molecule has 3 aromatic rings. The van der Waals surface area contributed by atoms with Crippen molar-refractivity contribution in [2.45, 2.75) is 29.3 Å². The van der Waals surface area contributed by atoms with E-state index in [1.54, 1.807) is 23.9 Å². The molecule has 1 aromatic heterocycles. The van der Waals surface area contributed by atoms with Crippen LogP contribution in [-0.2, 0) is 22.3 Å². The predicted octanol–water partition coefficient (Wildman–Crippen LogP) is 2.87. The van der Waals surface area contributed by atoms with E-state index in [0.717, 1.165) is 16.2 Å². The minimum Gasteiger partial charge on any atom is -0.319 e. The van der Waals surface area contributed by atoms with Crippen molar-refractivity contribution >= 4 is 32.8 Å².